The van der Waals surface area contributed by atoms with Crippen LogP contribution in [0.4, 0.5) is 4.39 Å². The number of rotatable bonds is 2. The molecule has 0 bridgehead atoms. The summed E-state index contributed by atoms with van der Waals surface area (Å²) < 4.78 is 18.7. The molecule has 2 heterocycles. The van der Waals surface area contributed by atoms with Crippen molar-refractivity contribution in [3.8, 4) is 0 Å². The molecule has 1 N–H and O–H groups in total. The summed E-state index contributed by atoms with van der Waals surface area (Å²) >= 11 is 1.69. The molecule has 20 heavy (non-hydrogen) atoms. The fourth-order valence-corrected chi connectivity index (χ4v) is 3.41. The number of carbonyl (C=O) groups excluding carboxylic acids is 1. The zero-order valence-corrected chi connectivity index (χ0v) is 11.8. The minimum Gasteiger partial charge on any atom is -0.456 e. The van der Waals surface area contributed by atoms with Gasteiger partial charge in [0.15, 0.2) is 5.76 Å². The van der Waals surface area contributed by atoms with Gasteiger partial charge in [-0.1, -0.05) is 0 Å². The number of hydrogen-bond donors (Lipinski definition) is 1. The van der Waals surface area contributed by atoms with Crippen molar-refractivity contribution in [3.63, 3.8) is 0 Å². The number of thioether (sulfide) groups is 1. The minimum atomic E-state index is -0.278. The van der Waals surface area contributed by atoms with E-state index in [1.165, 1.54) is 12.1 Å². The molecule has 1 aliphatic rings. The summed E-state index contributed by atoms with van der Waals surface area (Å²) in [5, 5.41) is 2.92. The van der Waals surface area contributed by atoms with Crippen LogP contribution in [0.1, 0.15) is 34.3 Å². The predicted molar refractivity (Wildman–Crippen MR) is 75.4 cm³/mol. The van der Waals surface area contributed by atoms with E-state index in [9.17, 15) is 9.18 Å². The number of fused-ring (bicyclic) bond motifs is 1. The van der Waals surface area contributed by atoms with E-state index in [1.807, 2.05) is 0 Å². The molecule has 5 heteroatoms. The van der Waals surface area contributed by atoms with Gasteiger partial charge in [-0.15, -0.1) is 11.8 Å². The third-order valence-corrected chi connectivity index (χ3v) is 4.40. The van der Waals surface area contributed by atoms with Crippen molar-refractivity contribution in [2.45, 2.75) is 24.3 Å². The Morgan fingerprint density at radius 2 is 2.25 bits per heavy atom. The quantitative estimate of drug-likeness (QED) is 0.917. The number of carbonyl (C=O) groups is 1. The van der Waals surface area contributed by atoms with Crippen molar-refractivity contribution >= 4 is 17.7 Å². The van der Waals surface area contributed by atoms with Crippen LogP contribution >= 0.6 is 11.8 Å². The van der Waals surface area contributed by atoms with Gasteiger partial charge >= 0.3 is 0 Å². The molecule has 1 atom stereocenters. The van der Waals surface area contributed by atoms with Crippen molar-refractivity contribution in [1.29, 1.82) is 0 Å². The van der Waals surface area contributed by atoms with Crippen LogP contribution in [0.2, 0.25) is 0 Å². The highest BCUT2D eigenvalue weighted by Gasteiger charge is 2.24. The molecule has 3 nitrogen and oxygen atoms in total. The molecule has 1 aromatic heterocycles. The number of amides is 1. The first-order chi connectivity index (χ1) is 9.63. The topological polar surface area (TPSA) is 42.2 Å². The molecule has 0 radical (unpaired) electrons. The maximum Gasteiger partial charge on any atom is 0.287 e. The highest BCUT2D eigenvalue weighted by molar-refractivity contribution is 7.99. The molecule has 2 aromatic rings. The molecule has 0 fully saturated rings. The van der Waals surface area contributed by atoms with Gasteiger partial charge in [0.05, 0.1) is 6.04 Å². The first-order valence-electron chi connectivity index (χ1n) is 6.43. The normalized spacial score (nSPS) is 17.6. The van der Waals surface area contributed by atoms with E-state index < -0.39 is 0 Å². The zero-order valence-electron chi connectivity index (χ0n) is 11.0. The van der Waals surface area contributed by atoms with Crippen molar-refractivity contribution in [2.75, 3.05) is 5.75 Å². The van der Waals surface area contributed by atoms with Crippen molar-refractivity contribution < 1.29 is 13.6 Å². The average molecular weight is 291 g/mol. The molecule has 0 saturated carbocycles. The molecule has 0 saturated heterocycles. The Morgan fingerprint density at radius 1 is 1.40 bits per heavy atom. The number of furan rings is 1. The highest BCUT2D eigenvalue weighted by Crippen LogP contribution is 2.36. The van der Waals surface area contributed by atoms with E-state index in [-0.39, 0.29) is 17.8 Å². The summed E-state index contributed by atoms with van der Waals surface area (Å²) in [6.07, 6.45) is 0.784. The average Bonchev–Trinajstić information content (AvgIpc) is 2.86. The Labute approximate surface area is 120 Å². The van der Waals surface area contributed by atoms with Crippen LogP contribution in [0.25, 0.3) is 0 Å². The molecule has 0 aliphatic carbocycles. The van der Waals surface area contributed by atoms with Gasteiger partial charge in [0, 0.05) is 10.6 Å². The van der Waals surface area contributed by atoms with Crippen LogP contribution in [0, 0.1) is 12.7 Å². The van der Waals surface area contributed by atoms with Gasteiger partial charge < -0.3 is 9.73 Å². The molecule has 1 amide bonds. The van der Waals surface area contributed by atoms with E-state index in [4.69, 9.17) is 4.42 Å². The third-order valence-electron chi connectivity index (χ3n) is 3.28. The van der Waals surface area contributed by atoms with Gasteiger partial charge in [-0.2, -0.15) is 0 Å². The number of benzene rings is 1. The molecule has 1 aliphatic heterocycles. The zero-order chi connectivity index (χ0) is 14.1. The van der Waals surface area contributed by atoms with Crippen molar-refractivity contribution in [2.24, 2.45) is 0 Å². The van der Waals surface area contributed by atoms with Gasteiger partial charge in [0.25, 0.3) is 5.91 Å². The summed E-state index contributed by atoms with van der Waals surface area (Å²) in [7, 11) is 0. The fraction of sp³-hybridized carbons (Fsp3) is 0.267. The standard InChI is InChI=1S/C15H14FNO2S/c1-9-2-4-13(19-9)15(18)17-12-6-7-20-14-5-3-10(16)8-11(12)14/h2-5,8,12H,6-7H2,1H3,(H,17,18). The van der Waals surface area contributed by atoms with Crippen LogP contribution < -0.4 is 5.32 Å². The molecule has 0 spiro atoms. The van der Waals surface area contributed by atoms with Crippen LogP contribution in [0.15, 0.2) is 39.6 Å². The highest BCUT2D eigenvalue weighted by atomic mass is 32.2. The lowest BCUT2D eigenvalue weighted by Gasteiger charge is -2.25. The summed E-state index contributed by atoms with van der Waals surface area (Å²) in [6, 6.07) is 7.95. The fourth-order valence-electron chi connectivity index (χ4n) is 2.30. The Hall–Kier alpha value is -1.75. The smallest absolute Gasteiger partial charge is 0.287 e. The van der Waals surface area contributed by atoms with Gasteiger partial charge in [0.2, 0.25) is 0 Å². The van der Waals surface area contributed by atoms with Crippen molar-refractivity contribution in [3.05, 3.63) is 53.2 Å². The lowest BCUT2D eigenvalue weighted by molar-refractivity contribution is 0.0905. The molecule has 3 rings (SSSR count). The molecule has 1 aromatic carbocycles. The Kier molecular flexibility index (Phi) is 3.53. The number of hydrogen-bond acceptors (Lipinski definition) is 3. The Bertz CT molecular complexity index is 653. The number of halogens is 1. The number of nitrogens with one attached hydrogen (secondary N) is 1. The minimum absolute atomic E-state index is 0.167. The second-order valence-corrected chi connectivity index (χ2v) is 5.89. The van der Waals surface area contributed by atoms with E-state index in [0.29, 0.717) is 11.5 Å². The summed E-state index contributed by atoms with van der Waals surface area (Å²) in [4.78, 5) is 13.1. The van der Waals surface area contributed by atoms with Crippen LogP contribution in [-0.4, -0.2) is 11.7 Å². The van der Waals surface area contributed by atoms with Crippen LogP contribution in [0.3, 0.4) is 0 Å². The molecular weight excluding hydrogens is 277 g/mol. The van der Waals surface area contributed by atoms with E-state index in [1.54, 1.807) is 36.9 Å². The van der Waals surface area contributed by atoms with E-state index in [0.717, 1.165) is 22.6 Å². The maximum atomic E-state index is 13.4. The van der Waals surface area contributed by atoms with Gasteiger partial charge in [0.1, 0.15) is 11.6 Å². The lowest BCUT2D eigenvalue weighted by Crippen LogP contribution is -2.30. The monoisotopic (exact) mass is 291 g/mol. The third kappa shape index (κ3) is 2.58. The lowest BCUT2D eigenvalue weighted by atomic mass is 10.0. The first kappa shape index (κ1) is 13.2. The van der Waals surface area contributed by atoms with Gasteiger partial charge in [-0.25, -0.2) is 4.39 Å². The van der Waals surface area contributed by atoms with E-state index in [2.05, 4.69) is 5.32 Å². The predicted octanol–water partition coefficient (Wildman–Crippen LogP) is 3.69. The SMILES string of the molecule is Cc1ccc(C(=O)NC2CCSc3ccc(F)cc32)o1. The van der Waals surface area contributed by atoms with Gasteiger partial charge in [-0.3, -0.25) is 4.79 Å². The van der Waals surface area contributed by atoms with Crippen LogP contribution in [0.5, 0.6) is 0 Å². The summed E-state index contributed by atoms with van der Waals surface area (Å²) in [5.41, 5.74) is 0.845. The largest absolute Gasteiger partial charge is 0.456 e. The van der Waals surface area contributed by atoms with Crippen LogP contribution in [-0.2, 0) is 0 Å². The molecule has 1 unspecified atom stereocenters. The Balaban J connectivity index is 1.82. The summed E-state index contributed by atoms with van der Waals surface area (Å²) in [6.45, 7) is 1.79. The second kappa shape index (κ2) is 5.32. The number of aryl methyl sites for hydroxylation is 1. The second-order valence-electron chi connectivity index (χ2n) is 4.76. The Morgan fingerprint density at radius 3 is 3.00 bits per heavy atom. The van der Waals surface area contributed by atoms with E-state index >= 15 is 0 Å². The van der Waals surface area contributed by atoms with Crippen molar-refractivity contribution in [1.82, 2.24) is 5.32 Å². The molecular formula is C15H14FNO2S. The summed E-state index contributed by atoms with van der Waals surface area (Å²) in [5.74, 6) is 1.35. The van der Waals surface area contributed by atoms with Gasteiger partial charge in [-0.05, 0) is 49.2 Å². The molecule has 104 valence electrons. The maximum absolute atomic E-state index is 13.4. The first-order valence-corrected chi connectivity index (χ1v) is 7.41.